The van der Waals surface area contributed by atoms with Crippen molar-refractivity contribution in [1.29, 1.82) is 0 Å². The third-order valence-electron chi connectivity index (χ3n) is 2.30. The highest BCUT2D eigenvalue weighted by atomic mass is 32.2. The second kappa shape index (κ2) is 7.80. The van der Waals surface area contributed by atoms with Gasteiger partial charge in [0.25, 0.3) is 10.0 Å². The lowest BCUT2D eigenvalue weighted by Gasteiger charge is -2.07. The highest BCUT2D eigenvalue weighted by molar-refractivity contribution is 7.94. The van der Waals surface area contributed by atoms with E-state index in [1.54, 1.807) is 29.6 Å². The molecule has 2 rings (SSSR count). The topological polar surface area (TPSA) is 72.5 Å². The zero-order valence-electron chi connectivity index (χ0n) is 12.0. The van der Waals surface area contributed by atoms with Crippen LogP contribution < -0.4 is 4.72 Å². The molecule has 0 unspecified atom stereocenters. The van der Waals surface area contributed by atoms with Crippen LogP contribution in [-0.4, -0.2) is 21.5 Å². The molecule has 0 aliphatic carbocycles. The molecule has 0 fully saturated rings. The Morgan fingerprint density at radius 2 is 1.90 bits per heavy atom. The maximum atomic E-state index is 12.0. The number of benzene rings is 1. The molecule has 0 atom stereocenters. The van der Waals surface area contributed by atoms with Crippen LogP contribution in [0.3, 0.4) is 0 Å². The van der Waals surface area contributed by atoms with E-state index in [9.17, 15) is 13.2 Å². The van der Waals surface area contributed by atoms with Crippen LogP contribution in [0.2, 0.25) is 0 Å². The van der Waals surface area contributed by atoms with Crippen molar-refractivity contribution >= 4 is 33.0 Å². The molecule has 0 saturated carbocycles. The zero-order chi connectivity index (χ0) is 15.9. The third kappa shape index (κ3) is 4.57. The highest BCUT2D eigenvalue weighted by Gasteiger charge is 2.15. The monoisotopic (exact) mass is 327 g/mol. The summed E-state index contributed by atoms with van der Waals surface area (Å²) in [5, 5.41) is 1.68. The molecule has 0 aliphatic rings. The second-order valence-electron chi connectivity index (χ2n) is 3.61. The van der Waals surface area contributed by atoms with Gasteiger partial charge in [0.15, 0.2) is 0 Å². The van der Waals surface area contributed by atoms with Crippen LogP contribution in [0.5, 0.6) is 0 Å². The van der Waals surface area contributed by atoms with E-state index in [2.05, 4.69) is 9.46 Å². The lowest BCUT2D eigenvalue weighted by Crippen LogP contribution is -2.12. The summed E-state index contributed by atoms with van der Waals surface area (Å²) in [4.78, 5) is 11.4. The first-order valence-electron chi connectivity index (χ1n) is 6.27. The van der Waals surface area contributed by atoms with Gasteiger partial charge in [-0.15, -0.1) is 11.3 Å². The summed E-state index contributed by atoms with van der Waals surface area (Å²) in [5.41, 5.74) is 0.602. The van der Waals surface area contributed by atoms with Crippen LogP contribution >= 0.6 is 11.3 Å². The minimum atomic E-state index is -3.60. The number of nitrogens with one attached hydrogen (secondary N) is 1. The molecule has 0 amide bonds. The van der Waals surface area contributed by atoms with Gasteiger partial charge in [0.05, 0.1) is 12.7 Å². The van der Waals surface area contributed by atoms with Crippen molar-refractivity contribution in [2.24, 2.45) is 0 Å². The number of esters is 1. The van der Waals surface area contributed by atoms with Crippen molar-refractivity contribution in [3.63, 3.8) is 0 Å². The molecule has 0 bridgehead atoms. The summed E-state index contributed by atoms with van der Waals surface area (Å²) in [5.74, 6) is -0.517. The number of thiophene rings is 1. The number of anilines is 1. The minimum absolute atomic E-state index is 0.218. The molecule has 1 heterocycles. The number of ether oxygens (including phenoxy) is 1. The summed E-state index contributed by atoms with van der Waals surface area (Å²) in [6.45, 7) is 4.00. The summed E-state index contributed by atoms with van der Waals surface area (Å²) >= 11 is 1.12. The van der Waals surface area contributed by atoms with Crippen LogP contribution in [0, 0.1) is 0 Å². The van der Waals surface area contributed by atoms with Gasteiger partial charge in [0.2, 0.25) is 0 Å². The first-order chi connectivity index (χ1) is 10.0. The maximum Gasteiger partial charge on any atom is 0.337 e. The molecule has 114 valence electrons. The molecule has 0 saturated heterocycles. The van der Waals surface area contributed by atoms with Gasteiger partial charge in [0.1, 0.15) is 4.21 Å². The first kappa shape index (κ1) is 17.2. The summed E-state index contributed by atoms with van der Waals surface area (Å²) in [7, 11) is -2.33. The fraction of sp³-hybridized carbons (Fsp3) is 0.214. The Balaban J connectivity index is 0.00000106. The number of methoxy groups -OCH3 is 1. The fourth-order valence-corrected chi connectivity index (χ4v) is 3.49. The maximum absolute atomic E-state index is 12.0. The highest BCUT2D eigenvalue weighted by Crippen LogP contribution is 2.20. The van der Waals surface area contributed by atoms with Crippen LogP contribution in [0.25, 0.3) is 0 Å². The van der Waals surface area contributed by atoms with Crippen LogP contribution in [0.1, 0.15) is 24.2 Å². The predicted molar refractivity (Wildman–Crippen MR) is 84.3 cm³/mol. The second-order valence-corrected chi connectivity index (χ2v) is 6.47. The van der Waals surface area contributed by atoms with Crippen molar-refractivity contribution in [2.75, 3.05) is 11.8 Å². The Hall–Kier alpha value is -1.86. The van der Waals surface area contributed by atoms with E-state index in [4.69, 9.17) is 0 Å². The van der Waals surface area contributed by atoms with E-state index in [1.807, 2.05) is 13.8 Å². The quantitative estimate of drug-likeness (QED) is 0.874. The third-order valence-corrected chi connectivity index (χ3v) is 5.07. The van der Waals surface area contributed by atoms with E-state index in [-0.39, 0.29) is 9.77 Å². The first-order valence-corrected chi connectivity index (χ1v) is 8.64. The number of hydrogen-bond donors (Lipinski definition) is 1. The van der Waals surface area contributed by atoms with Crippen molar-refractivity contribution in [1.82, 2.24) is 0 Å². The molecular formula is C14H17NO4S2. The molecule has 0 spiro atoms. The number of sulfonamides is 1. The number of carbonyl (C=O) groups excluding carboxylic acids is 1. The molecule has 7 heteroatoms. The lowest BCUT2D eigenvalue weighted by molar-refractivity contribution is 0.0601. The largest absolute Gasteiger partial charge is 0.465 e. The Morgan fingerprint density at radius 3 is 2.48 bits per heavy atom. The van der Waals surface area contributed by atoms with Gasteiger partial charge in [-0.05, 0) is 29.6 Å². The molecular weight excluding hydrogens is 310 g/mol. The Bertz CT molecular complexity index is 679. The number of carbonyl (C=O) groups is 1. The van der Waals surface area contributed by atoms with E-state index < -0.39 is 16.0 Å². The standard InChI is InChI=1S/C12H11NO4S2.C2H6/c1-17-12(14)9-4-2-5-10(8-9)13-19(15,16)11-6-3-7-18-11;1-2/h2-8,13H,1H3;1-2H3. The lowest BCUT2D eigenvalue weighted by atomic mass is 10.2. The molecule has 1 aromatic heterocycles. The van der Waals surface area contributed by atoms with E-state index in [1.165, 1.54) is 19.2 Å². The van der Waals surface area contributed by atoms with Gasteiger partial charge in [0, 0.05) is 5.69 Å². The van der Waals surface area contributed by atoms with Gasteiger partial charge < -0.3 is 4.74 Å². The summed E-state index contributed by atoms with van der Waals surface area (Å²) in [6, 6.07) is 9.29. The van der Waals surface area contributed by atoms with Crippen molar-refractivity contribution in [3.8, 4) is 0 Å². The normalized spacial score (nSPS) is 10.2. The molecule has 2 aromatic rings. The molecule has 1 aromatic carbocycles. The Kier molecular flexibility index (Phi) is 6.39. The SMILES string of the molecule is CC.COC(=O)c1cccc(NS(=O)(=O)c2cccs2)c1. The fourth-order valence-electron chi connectivity index (χ4n) is 1.45. The van der Waals surface area contributed by atoms with Crippen molar-refractivity contribution < 1.29 is 17.9 Å². The van der Waals surface area contributed by atoms with Gasteiger partial charge in [-0.2, -0.15) is 0 Å². The van der Waals surface area contributed by atoms with Gasteiger partial charge in [-0.25, -0.2) is 13.2 Å². The van der Waals surface area contributed by atoms with Crippen LogP contribution in [0.15, 0.2) is 46.0 Å². The average molecular weight is 327 g/mol. The Labute approximate surface area is 128 Å². The van der Waals surface area contributed by atoms with Crippen molar-refractivity contribution in [3.05, 3.63) is 47.3 Å². The van der Waals surface area contributed by atoms with E-state index >= 15 is 0 Å². The van der Waals surface area contributed by atoms with Crippen molar-refractivity contribution in [2.45, 2.75) is 18.1 Å². The van der Waals surface area contributed by atoms with Crippen LogP contribution in [-0.2, 0) is 14.8 Å². The molecule has 21 heavy (non-hydrogen) atoms. The summed E-state index contributed by atoms with van der Waals surface area (Å²) < 4.78 is 31.2. The zero-order valence-corrected chi connectivity index (χ0v) is 13.6. The number of rotatable bonds is 4. The molecule has 1 N–H and O–H groups in total. The molecule has 0 radical (unpaired) electrons. The van der Waals surface area contributed by atoms with Crippen LogP contribution in [0.4, 0.5) is 5.69 Å². The van der Waals surface area contributed by atoms with E-state index in [0.717, 1.165) is 11.3 Å². The average Bonchev–Trinajstić information content (AvgIpc) is 3.03. The van der Waals surface area contributed by atoms with Gasteiger partial charge >= 0.3 is 5.97 Å². The van der Waals surface area contributed by atoms with Gasteiger partial charge in [-0.1, -0.05) is 26.0 Å². The summed E-state index contributed by atoms with van der Waals surface area (Å²) in [6.07, 6.45) is 0. The predicted octanol–water partition coefficient (Wildman–Crippen LogP) is 3.36. The molecule has 5 nitrogen and oxygen atoms in total. The van der Waals surface area contributed by atoms with E-state index in [0.29, 0.717) is 5.69 Å². The molecule has 0 aliphatic heterocycles. The van der Waals surface area contributed by atoms with Gasteiger partial charge in [-0.3, -0.25) is 4.72 Å². The number of hydrogen-bond acceptors (Lipinski definition) is 5. The smallest absolute Gasteiger partial charge is 0.337 e. The Morgan fingerprint density at radius 1 is 1.19 bits per heavy atom. The minimum Gasteiger partial charge on any atom is -0.465 e.